The van der Waals surface area contributed by atoms with E-state index < -0.39 is 11.6 Å². The van der Waals surface area contributed by atoms with Crippen molar-refractivity contribution in [1.82, 2.24) is 15.0 Å². The lowest BCUT2D eigenvalue weighted by Gasteiger charge is -2.61. The lowest BCUT2D eigenvalue weighted by Crippen LogP contribution is -2.55. The molecule has 4 aliphatic carbocycles. The molecular weight excluding hydrogens is 406 g/mol. The van der Waals surface area contributed by atoms with Crippen LogP contribution in [-0.2, 0) is 11.3 Å². The molecule has 4 fully saturated rings. The van der Waals surface area contributed by atoms with Crippen molar-refractivity contribution >= 4 is 11.8 Å². The summed E-state index contributed by atoms with van der Waals surface area (Å²) in [5.41, 5.74) is -0.280. The summed E-state index contributed by atoms with van der Waals surface area (Å²) in [7, 11) is 0. The van der Waals surface area contributed by atoms with Gasteiger partial charge in [0.2, 0.25) is 0 Å². The van der Waals surface area contributed by atoms with Crippen LogP contribution in [-0.4, -0.2) is 42.6 Å². The number of carbonyl (C=O) groups excluding carboxylic acids is 1. The molecule has 0 aromatic carbocycles. The molecule has 32 heavy (non-hydrogen) atoms. The highest BCUT2D eigenvalue weighted by molar-refractivity contribution is 5.85. The van der Waals surface area contributed by atoms with Crippen LogP contribution in [0.1, 0.15) is 89.0 Å². The van der Waals surface area contributed by atoms with Gasteiger partial charge in [-0.3, -0.25) is 4.79 Å². The van der Waals surface area contributed by atoms with E-state index in [2.05, 4.69) is 24.2 Å². The van der Waals surface area contributed by atoms with Gasteiger partial charge < -0.3 is 10.2 Å². The molecule has 1 heterocycles. The summed E-state index contributed by atoms with van der Waals surface area (Å²) in [5.74, 6) is 1.65. The zero-order valence-corrected chi connectivity index (χ0v) is 19.6. The van der Waals surface area contributed by atoms with E-state index in [1.54, 1.807) is 0 Å². The first-order valence-electron chi connectivity index (χ1n) is 12.4. The summed E-state index contributed by atoms with van der Waals surface area (Å²) in [4.78, 5) is 24.4. The number of hydrogen-bond acceptors (Lipinski definition) is 5. The SMILES string of the molecule is C[C@@]1(O)CC[C@@]2(C)[C@H](CC[C@@H]3[C@@H]2CC[C@]2(C)C(C(=O)Cn4cc(C(=O)O)nn4)CC[C@@H]32)C1. The molecule has 0 aliphatic heterocycles. The summed E-state index contributed by atoms with van der Waals surface area (Å²) in [6.45, 7) is 6.96. The van der Waals surface area contributed by atoms with Crippen LogP contribution in [0.15, 0.2) is 6.20 Å². The van der Waals surface area contributed by atoms with Gasteiger partial charge in [-0.1, -0.05) is 19.1 Å². The minimum atomic E-state index is -1.12. The number of ketones is 1. The molecule has 4 aliphatic rings. The molecule has 0 spiro atoms. The zero-order valence-electron chi connectivity index (χ0n) is 19.6. The van der Waals surface area contributed by atoms with Crippen molar-refractivity contribution in [2.75, 3.05) is 0 Å². The molecule has 7 heteroatoms. The smallest absolute Gasteiger partial charge is 0.358 e. The molecule has 4 saturated carbocycles. The first-order chi connectivity index (χ1) is 15.0. The summed E-state index contributed by atoms with van der Waals surface area (Å²) >= 11 is 0. The fourth-order valence-corrected chi connectivity index (χ4v) is 8.70. The lowest BCUT2D eigenvalue weighted by atomic mass is 9.44. The molecule has 5 rings (SSSR count). The molecular formula is C25H37N3O4. The number of fused-ring (bicyclic) bond motifs is 5. The molecule has 8 atom stereocenters. The first-order valence-corrected chi connectivity index (χ1v) is 12.4. The second-order valence-corrected chi connectivity index (χ2v) is 12.1. The Morgan fingerprint density at radius 2 is 1.78 bits per heavy atom. The van der Waals surface area contributed by atoms with Crippen LogP contribution in [0.5, 0.6) is 0 Å². The Labute approximate surface area is 190 Å². The third-order valence-electron chi connectivity index (χ3n) is 10.4. The van der Waals surface area contributed by atoms with Gasteiger partial charge in [0, 0.05) is 5.92 Å². The number of Topliss-reactive ketones (excluding diaryl/α,β-unsaturated/α-hetero) is 1. The number of hydrogen-bond donors (Lipinski definition) is 2. The predicted molar refractivity (Wildman–Crippen MR) is 118 cm³/mol. The summed E-state index contributed by atoms with van der Waals surface area (Å²) in [5, 5.41) is 27.2. The molecule has 176 valence electrons. The minimum absolute atomic E-state index is 0.0172. The van der Waals surface area contributed by atoms with Crippen LogP contribution in [0.4, 0.5) is 0 Å². The Balaban J connectivity index is 1.32. The van der Waals surface area contributed by atoms with Crippen LogP contribution in [0, 0.1) is 40.4 Å². The molecule has 0 amide bonds. The molecule has 1 aromatic heterocycles. The molecule has 7 nitrogen and oxygen atoms in total. The molecule has 0 radical (unpaired) electrons. The van der Waals surface area contributed by atoms with Crippen molar-refractivity contribution in [3.05, 3.63) is 11.9 Å². The van der Waals surface area contributed by atoms with Crippen molar-refractivity contribution in [3.8, 4) is 0 Å². The Hall–Kier alpha value is -1.76. The van der Waals surface area contributed by atoms with E-state index in [-0.39, 0.29) is 29.4 Å². The van der Waals surface area contributed by atoms with Crippen LogP contribution in [0.2, 0.25) is 0 Å². The second kappa shape index (κ2) is 7.37. The third kappa shape index (κ3) is 3.34. The number of aliphatic hydroxyl groups is 1. The van der Waals surface area contributed by atoms with Crippen molar-refractivity contribution in [2.24, 2.45) is 40.4 Å². The van der Waals surface area contributed by atoms with E-state index in [0.717, 1.165) is 38.5 Å². The van der Waals surface area contributed by atoms with E-state index in [1.165, 1.54) is 30.1 Å². The first kappa shape index (κ1) is 22.1. The quantitative estimate of drug-likeness (QED) is 0.730. The largest absolute Gasteiger partial charge is 0.476 e. The van der Waals surface area contributed by atoms with E-state index >= 15 is 0 Å². The fourth-order valence-electron chi connectivity index (χ4n) is 8.70. The van der Waals surface area contributed by atoms with E-state index in [1.807, 2.05) is 6.92 Å². The van der Waals surface area contributed by atoms with Gasteiger partial charge >= 0.3 is 5.97 Å². The number of aromatic carboxylic acids is 1. The van der Waals surface area contributed by atoms with Crippen LogP contribution in [0.3, 0.4) is 0 Å². The normalized spacial score (nSPS) is 45.6. The van der Waals surface area contributed by atoms with Crippen molar-refractivity contribution < 1.29 is 19.8 Å². The number of rotatable bonds is 4. The van der Waals surface area contributed by atoms with Gasteiger partial charge in [0.1, 0.15) is 6.54 Å². The van der Waals surface area contributed by atoms with Gasteiger partial charge in [0.25, 0.3) is 0 Å². The highest BCUT2D eigenvalue weighted by atomic mass is 16.4. The Morgan fingerprint density at radius 3 is 2.50 bits per heavy atom. The predicted octanol–water partition coefficient (Wildman–Crippen LogP) is 3.96. The van der Waals surface area contributed by atoms with Crippen LogP contribution >= 0.6 is 0 Å². The number of aromatic nitrogens is 3. The number of carboxylic acid groups (broad SMARTS) is 1. The maximum atomic E-state index is 13.3. The van der Waals surface area contributed by atoms with Crippen molar-refractivity contribution in [1.29, 1.82) is 0 Å². The zero-order chi connectivity index (χ0) is 22.9. The summed E-state index contributed by atoms with van der Waals surface area (Å²) in [6.07, 6.45) is 11.1. The van der Waals surface area contributed by atoms with Gasteiger partial charge in [-0.15, -0.1) is 5.10 Å². The Kier molecular flexibility index (Phi) is 5.08. The van der Waals surface area contributed by atoms with Crippen LogP contribution < -0.4 is 0 Å². The molecule has 2 N–H and O–H groups in total. The standard InChI is InChI=1S/C25H37N3O4/c1-23(32)10-11-24(2)15(12-23)4-5-16-17-6-7-19(25(17,3)9-8-18(16)24)21(29)14-28-13-20(22(30)31)26-27-28/h13,15-19,32H,4-12,14H2,1-3H3,(H,30,31)/t15-,16+,17+,18+,19?,23-,24+,25+/m1/s1. The van der Waals surface area contributed by atoms with E-state index in [0.29, 0.717) is 29.1 Å². The van der Waals surface area contributed by atoms with Gasteiger partial charge in [0.05, 0.1) is 11.8 Å². The average Bonchev–Trinajstić information content (AvgIpc) is 3.32. The second-order valence-electron chi connectivity index (χ2n) is 12.1. The van der Waals surface area contributed by atoms with Gasteiger partial charge in [0.15, 0.2) is 11.5 Å². The monoisotopic (exact) mass is 443 g/mol. The average molecular weight is 444 g/mol. The van der Waals surface area contributed by atoms with Crippen LogP contribution in [0.25, 0.3) is 0 Å². The third-order valence-corrected chi connectivity index (χ3v) is 10.4. The number of carbonyl (C=O) groups is 2. The van der Waals surface area contributed by atoms with Gasteiger partial charge in [-0.2, -0.15) is 0 Å². The molecule has 1 aromatic rings. The highest BCUT2D eigenvalue weighted by Crippen LogP contribution is 2.68. The Bertz CT molecular complexity index is 926. The highest BCUT2D eigenvalue weighted by Gasteiger charge is 2.61. The topological polar surface area (TPSA) is 105 Å². The number of nitrogens with zero attached hydrogens (tertiary/aromatic N) is 3. The molecule has 0 bridgehead atoms. The van der Waals surface area contributed by atoms with E-state index in [9.17, 15) is 14.7 Å². The lowest BCUT2D eigenvalue weighted by molar-refractivity contribution is -0.151. The van der Waals surface area contributed by atoms with Crippen molar-refractivity contribution in [3.63, 3.8) is 0 Å². The van der Waals surface area contributed by atoms with Gasteiger partial charge in [-0.05, 0) is 99.2 Å². The molecule has 0 saturated heterocycles. The molecule has 1 unspecified atom stereocenters. The maximum absolute atomic E-state index is 13.3. The number of carboxylic acids is 1. The van der Waals surface area contributed by atoms with E-state index in [4.69, 9.17) is 5.11 Å². The minimum Gasteiger partial charge on any atom is -0.476 e. The fraction of sp³-hybridized carbons (Fsp3) is 0.840. The van der Waals surface area contributed by atoms with Gasteiger partial charge in [-0.25, -0.2) is 9.48 Å². The van der Waals surface area contributed by atoms with Crippen molar-refractivity contribution in [2.45, 2.75) is 90.7 Å². The maximum Gasteiger partial charge on any atom is 0.358 e. The summed E-state index contributed by atoms with van der Waals surface area (Å²) < 4.78 is 1.38. The Morgan fingerprint density at radius 1 is 1.03 bits per heavy atom. The summed E-state index contributed by atoms with van der Waals surface area (Å²) in [6, 6.07) is 0.